The lowest BCUT2D eigenvalue weighted by Gasteiger charge is -2.06. The first-order valence-electron chi connectivity index (χ1n) is 9.87. The summed E-state index contributed by atoms with van der Waals surface area (Å²) in [6, 6.07) is 10.5. The fraction of sp³-hybridized carbons (Fsp3) is 0.286. The van der Waals surface area contributed by atoms with Crippen LogP contribution in [-0.4, -0.2) is 36.8 Å². The smallest absolute Gasteiger partial charge is 0.350 e. The molecular weight excluding hydrogens is 420 g/mol. The maximum atomic E-state index is 12.7. The number of nitrogens with zero attached hydrogens (tertiary/aromatic N) is 5. The highest BCUT2D eigenvalue weighted by molar-refractivity contribution is 6.30. The Balaban J connectivity index is 1.61. The third-order valence-corrected chi connectivity index (χ3v) is 4.96. The van der Waals surface area contributed by atoms with Crippen molar-refractivity contribution in [2.45, 2.75) is 26.8 Å². The van der Waals surface area contributed by atoms with Crippen LogP contribution in [0, 0.1) is 5.92 Å². The number of pyridine rings is 1. The molecule has 4 rings (SSSR count). The van der Waals surface area contributed by atoms with Gasteiger partial charge in [-0.15, -0.1) is 5.10 Å². The Hall–Kier alpha value is -3.46. The Morgan fingerprint density at radius 3 is 2.74 bits per heavy atom. The Labute approximate surface area is 182 Å². The maximum absolute atomic E-state index is 12.7. The van der Waals surface area contributed by atoms with Gasteiger partial charge in [0.05, 0.1) is 5.56 Å². The Bertz CT molecular complexity index is 1270. The molecule has 0 aliphatic heterocycles. The number of rotatable bonds is 7. The summed E-state index contributed by atoms with van der Waals surface area (Å²) in [5.74, 6) is 0.817. The average Bonchev–Trinajstić information content (AvgIpc) is 3.34. The van der Waals surface area contributed by atoms with Gasteiger partial charge in [0.15, 0.2) is 5.65 Å². The van der Waals surface area contributed by atoms with Gasteiger partial charge in [-0.05, 0) is 48.7 Å². The summed E-state index contributed by atoms with van der Waals surface area (Å²) in [5, 5.41) is 11.8. The molecule has 1 amide bonds. The van der Waals surface area contributed by atoms with Crippen LogP contribution in [0.5, 0.6) is 0 Å². The largest absolute Gasteiger partial charge is 0.354 e. The van der Waals surface area contributed by atoms with Gasteiger partial charge in [-0.1, -0.05) is 30.6 Å². The first-order valence-corrected chi connectivity index (χ1v) is 10.2. The van der Waals surface area contributed by atoms with Crippen molar-refractivity contribution in [1.29, 1.82) is 0 Å². The third kappa shape index (κ3) is 4.51. The molecule has 160 valence electrons. The van der Waals surface area contributed by atoms with E-state index in [0.717, 1.165) is 16.7 Å². The van der Waals surface area contributed by atoms with Crippen LogP contribution in [0.15, 0.2) is 51.9 Å². The average molecular weight is 441 g/mol. The second kappa shape index (κ2) is 8.73. The van der Waals surface area contributed by atoms with Gasteiger partial charge < -0.3 is 9.84 Å². The summed E-state index contributed by atoms with van der Waals surface area (Å²) >= 11 is 5.92. The second-order valence-electron chi connectivity index (χ2n) is 7.52. The second-order valence-corrected chi connectivity index (χ2v) is 7.95. The van der Waals surface area contributed by atoms with Gasteiger partial charge in [-0.2, -0.15) is 4.98 Å². The van der Waals surface area contributed by atoms with Crippen LogP contribution in [0.1, 0.15) is 20.3 Å². The summed E-state index contributed by atoms with van der Waals surface area (Å²) in [5.41, 5.74) is 1.14. The lowest BCUT2D eigenvalue weighted by atomic mass is 10.1. The zero-order valence-corrected chi connectivity index (χ0v) is 17.8. The van der Waals surface area contributed by atoms with Crippen molar-refractivity contribution in [3.05, 3.63) is 58.1 Å². The lowest BCUT2D eigenvalue weighted by Crippen LogP contribution is -2.33. The van der Waals surface area contributed by atoms with Crippen LogP contribution in [-0.2, 0) is 11.3 Å². The highest BCUT2D eigenvalue weighted by Crippen LogP contribution is 2.25. The predicted octanol–water partition coefficient (Wildman–Crippen LogP) is 3.03. The maximum Gasteiger partial charge on any atom is 0.350 e. The fourth-order valence-corrected chi connectivity index (χ4v) is 3.18. The highest BCUT2D eigenvalue weighted by Gasteiger charge is 2.18. The van der Waals surface area contributed by atoms with Gasteiger partial charge in [-0.25, -0.2) is 13.9 Å². The van der Waals surface area contributed by atoms with Crippen molar-refractivity contribution in [3.63, 3.8) is 0 Å². The molecule has 1 N–H and O–H groups in total. The van der Waals surface area contributed by atoms with Gasteiger partial charge in [-0.3, -0.25) is 4.79 Å². The van der Waals surface area contributed by atoms with Crippen LogP contribution in [0.2, 0.25) is 5.02 Å². The Morgan fingerprint density at radius 2 is 2.00 bits per heavy atom. The highest BCUT2D eigenvalue weighted by atomic mass is 35.5. The molecular formula is C21H21ClN6O3. The number of carbonyl (C=O) groups excluding carboxylic acids is 1. The number of aromatic nitrogens is 5. The number of hydrogen-bond donors (Lipinski definition) is 1. The normalized spacial score (nSPS) is 11.4. The van der Waals surface area contributed by atoms with E-state index >= 15 is 0 Å². The minimum Gasteiger partial charge on any atom is -0.354 e. The molecule has 0 aliphatic rings. The van der Waals surface area contributed by atoms with Crippen LogP contribution in [0.4, 0.5) is 0 Å². The predicted molar refractivity (Wildman–Crippen MR) is 116 cm³/mol. The standard InChI is InChI=1S/C21H21ClN6O3/c1-13(2)9-10-23-17(29)12-28-21(30)27-11-3-4-16(19(27)25-28)20-24-18(26-31-20)14-5-7-15(22)8-6-14/h3-8,11,13H,9-10,12H2,1-2H3,(H,23,29). The zero-order valence-electron chi connectivity index (χ0n) is 17.1. The molecule has 9 nitrogen and oxygen atoms in total. The topological polar surface area (TPSA) is 107 Å². The molecule has 0 spiro atoms. The van der Waals surface area contributed by atoms with E-state index in [-0.39, 0.29) is 18.3 Å². The van der Waals surface area contributed by atoms with Gasteiger partial charge in [0.25, 0.3) is 5.89 Å². The van der Waals surface area contributed by atoms with E-state index in [1.807, 2.05) is 0 Å². The molecule has 0 aliphatic carbocycles. The van der Waals surface area contributed by atoms with Crippen molar-refractivity contribution in [2.24, 2.45) is 5.92 Å². The van der Waals surface area contributed by atoms with E-state index in [4.69, 9.17) is 16.1 Å². The molecule has 4 aromatic rings. The first kappa shape index (κ1) is 20.8. The summed E-state index contributed by atoms with van der Waals surface area (Å²) < 4.78 is 7.89. The molecule has 3 aromatic heterocycles. The van der Waals surface area contributed by atoms with Crippen molar-refractivity contribution < 1.29 is 9.32 Å². The van der Waals surface area contributed by atoms with E-state index in [1.54, 1.807) is 42.6 Å². The number of nitrogens with one attached hydrogen (secondary N) is 1. The third-order valence-electron chi connectivity index (χ3n) is 4.71. The number of benzene rings is 1. The van der Waals surface area contributed by atoms with Gasteiger partial charge in [0, 0.05) is 23.3 Å². The van der Waals surface area contributed by atoms with E-state index in [2.05, 4.69) is 34.4 Å². The van der Waals surface area contributed by atoms with Crippen molar-refractivity contribution >= 4 is 23.2 Å². The van der Waals surface area contributed by atoms with Crippen LogP contribution < -0.4 is 11.0 Å². The summed E-state index contributed by atoms with van der Waals surface area (Å²) in [6.07, 6.45) is 2.45. The molecule has 1 aromatic carbocycles. The van der Waals surface area contributed by atoms with Gasteiger partial charge >= 0.3 is 5.69 Å². The van der Waals surface area contributed by atoms with Crippen LogP contribution in [0.25, 0.3) is 28.5 Å². The molecule has 0 atom stereocenters. The quantitative estimate of drug-likeness (QED) is 0.473. The van der Waals surface area contributed by atoms with E-state index in [0.29, 0.717) is 34.5 Å². The van der Waals surface area contributed by atoms with E-state index in [9.17, 15) is 9.59 Å². The first-order chi connectivity index (χ1) is 14.9. The van der Waals surface area contributed by atoms with Crippen molar-refractivity contribution in [2.75, 3.05) is 6.54 Å². The lowest BCUT2D eigenvalue weighted by molar-refractivity contribution is -0.121. The molecule has 0 bridgehead atoms. The minimum atomic E-state index is -0.423. The number of halogens is 1. The minimum absolute atomic E-state index is 0.169. The Kier molecular flexibility index (Phi) is 5.85. The van der Waals surface area contributed by atoms with E-state index < -0.39 is 5.69 Å². The molecule has 10 heteroatoms. The molecule has 0 radical (unpaired) electrons. The summed E-state index contributed by atoms with van der Waals surface area (Å²) in [6.45, 7) is 4.55. The van der Waals surface area contributed by atoms with Crippen molar-refractivity contribution in [1.82, 2.24) is 29.6 Å². The molecule has 0 fully saturated rings. The van der Waals surface area contributed by atoms with Gasteiger partial charge in [0.1, 0.15) is 6.54 Å². The monoisotopic (exact) mass is 440 g/mol. The number of hydrogen-bond acceptors (Lipinski definition) is 6. The zero-order chi connectivity index (χ0) is 22.0. The molecule has 0 saturated heterocycles. The molecule has 3 heterocycles. The number of fused-ring (bicyclic) bond motifs is 1. The Morgan fingerprint density at radius 1 is 1.23 bits per heavy atom. The van der Waals surface area contributed by atoms with Crippen LogP contribution in [0.3, 0.4) is 0 Å². The fourth-order valence-electron chi connectivity index (χ4n) is 3.05. The number of amides is 1. The molecule has 0 saturated carbocycles. The van der Waals surface area contributed by atoms with Crippen LogP contribution >= 0.6 is 11.6 Å². The number of carbonyl (C=O) groups is 1. The SMILES string of the molecule is CC(C)CCNC(=O)Cn1nc2c(-c3nc(-c4ccc(Cl)cc4)no3)cccn2c1=O. The molecule has 31 heavy (non-hydrogen) atoms. The van der Waals surface area contributed by atoms with Gasteiger partial charge in [0.2, 0.25) is 11.7 Å². The molecule has 0 unspecified atom stereocenters. The van der Waals surface area contributed by atoms with E-state index in [1.165, 1.54) is 4.40 Å². The summed E-state index contributed by atoms with van der Waals surface area (Å²) in [7, 11) is 0. The van der Waals surface area contributed by atoms with Crippen molar-refractivity contribution in [3.8, 4) is 22.8 Å². The summed E-state index contributed by atoms with van der Waals surface area (Å²) in [4.78, 5) is 29.3.